The monoisotopic (exact) mass is 264 g/mol. The first-order chi connectivity index (χ1) is 9.11. The molecule has 0 aromatic carbocycles. The molecule has 0 radical (unpaired) electrons. The van der Waals surface area contributed by atoms with E-state index in [2.05, 4.69) is 12.2 Å². The zero-order valence-corrected chi connectivity index (χ0v) is 11.9. The van der Waals surface area contributed by atoms with Crippen LogP contribution in [0.2, 0.25) is 0 Å². The van der Waals surface area contributed by atoms with Crippen LogP contribution in [-0.2, 0) is 9.59 Å². The Morgan fingerprint density at radius 3 is 2.47 bits per heavy atom. The highest BCUT2D eigenvalue weighted by molar-refractivity contribution is 5.97. The van der Waals surface area contributed by atoms with Gasteiger partial charge < -0.3 is 10.2 Å². The molecule has 4 unspecified atom stereocenters. The fourth-order valence-electron chi connectivity index (χ4n) is 3.75. The Balaban J connectivity index is 1.82. The zero-order valence-electron chi connectivity index (χ0n) is 11.9. The molecule has 1 N–H and O–H groups in total. The first-order valence-corrected chi connectivity index (χ1v) is 7.74. The van der Waals surface area contributed by atoms with Crippen molar-refractivity contribution in [3.05, 3.63) is 0 Å². The number of hydrogen-bond acceptors (Lipinski definition) is 2. The van der Waals surface area contributed by atoms with Crippen LogP contribution in [0.25, 0.3) is 0 Å². The second-order valence-corrected chi connectivity index (χ2v) is 6.57. The summed E-state index contributed by atoms with van der Waals surface area (Å²) in [6.45, 7) is 4.24. The molecule has 1 aliphatic heterocycles. The quantitative estimate of drug-likeness (QED) is 0.843. The van der Waals surface area contributed by atoms with Gasteiger partial charge in [0.2, 0.25) is 11.8 Å². The van der Waals surface area contributed by atoms with E-state index in [9.17, 15) is 9.59 Å². The molecule has 0 spiro atoms. The molecule has 4 atom stereocenters. The highest BCUT2D eigenvalue weighted by Gasteiger charge is 2.48. The number of hydrogen-bond donors (Lipinski definition) is 1. The molecular weight excluding hydrogens is 240 g/mol. The molecule has 3 aliphatic rings. The Kier molecular flexibility index (Phi) is 3.27. The van der Waals surface area contributed by atoms with Crippen molar-refractivity contribution in [3.8, 4) is 0 Å². The van der Waals surface area contributed by atoms with Crippen molar-refractivity contribution >= 4 is 11.8 Å². The van der Waals surface area contributed by atoms with Crippen molar-refractivity contribution in [2.75, 3.05) is 0 Å². The second kappa shape index (κ2) is 4.80. The highest BCUT2D eigenvalue weighted by atomic mass is 16.2. The molecule has 4 nitrogen and oxygen atoms in total. The SMILES string of the molecule is CCC1C(=O)NC(C2CC2)C(=O)N1C1CCC(C)C1. The van der Waals surface area contributed by atoms with Crippen molar-refractivity contribution < 1.29 is 9.59 Å². The smallest absolute Gasteiger partial charge is 0.246 e. The molecule has 19 heavy (non-hydrogen) atoms. The Hall–Kier alpha value is -1.06. The van der Waals surface area contributed by atoms with Crippen molar-refractivity contribution in [3.63, 3.8) is 0 Å². The first-order valence-electron chi connectivity index (χ1n) is 7.74. The number of carbonyl (C=O) groups excluding carboxylic acids is 2. The van der Waals surface area contributed by atoms with Gasteiger partial charge in [0.25, 0.3) is 0 Å². The average Bonchev–Trinajstić information content (AvgIpc) is 3.14. The van der Waals surface area contributed by atoms with E-state index in [-0.39, 0.29) is 23.9 Å². The molecule has 2 aliphatic carbocycles. The third kappa shape index (κ3) is 2.26. The molecule has 1 saturated heterocycles. The van der Waals surface area contributed by atoms with E-state index in [1.807, 2.05) is 11.8 Å². The number of amides is 2. The number of carbonyl (C=O) groups is 2. The Bertz CT molecular complexity index is 392. The van der Waals surface area contributed by atoms with Crippen LogP contribution in [-0.4, -0.2) is 34.8 Å². The third-order valence-corrected chi connectivity index (χ3v) is 5.00. The molecule has 2 saturated carbocycles. The maximum atomic E-state index is 12.7. The molecule has 106 valence electrons. The van der Waals surface area contributed by atoms with Crippen LogP contribution in [0.5, 0.6) is 0 Å². The van der Waals surface area contributed by atoms with Gasteiger partial charge in [-0.2, -0.15) is 0 Å². The maximum absolute atomic E-state index is 12.7. The lowest BCUT2D eigenvalue weighted by atomic mass is 9.98. The van der Waals surface area contributed by atoms with Gasteiger partial charge in [0.15, 0.2) is 0 Å². The van der Waals surface area contributed by atoms with Gasteiger partial charge in [-0.15, -0.1) is 0 Å². The lowest BCUT2D eigenvalue weighted by molar-refractivity contribution is -0.153. The van der Waals surface area contributed by atoms with E-state index in [1.54, 1.807) is 0 Å². The van der Waals surface area contributed by atoms with Crippen molar-refractivity contribution in [1.82, 2.24) is 10.2 Å². The summed E-state index contributed by atoms with van der Waals surface area (Å²) >= 11 is 0. The number of rotatable bonds is 3. The van der Waals surface area contributed by atoms with Crippen LogP contribution in [0, 0.1) is 11.8 Å². The van der Waals surface area contributed by atoms with Crippen molar-refractivity contribution in [2.24, 2.45) is 11.8 Å². The van der Waals surface area contributed by atoms with Gasteiger partial charge >= 0.3 is 0 Å². The number of piperazine rings is 1. The molecule has 0 aromatic heterocycles. The fourth-order valence-corrected chi connectivity index (χ4v) is 3.75. The van der Waals surface area contributed by atoms with Crippen LogP contribution in [0.3, 0.4) is 0 Å². The Morgan fingerprint density at radius 1 is 1.21 bits per heavy atom. The predicted molar refractivity (Wildman–Crippen MR) is 72.4 cm³/mol. The van der Waals surface area contributed by atoms with Gasteiger partial charge in [-0.1, -0.05) is 13.8 Å². The summed E-state index contributed by atoms with van der Waals surface area (Å²) in [5, 5.41) is 2.96. The Labute approximate surface area is 114 Å². The minimum absolute atomic E-state index is 0.0681. The van der Waals surface area contributed by atoms with Crippen LogP contribution in [0.1, 0.15) is 52.4 Å². The van der Waals surface area contributed by atoms with Crippen LogP contribution < -0.4 is 5.32 Å². The van der Waals surface area contributed by atoms with Gasteiger partial charge in [0.1, 0.15) is 12.1 Å². The van der Waals surface area contributed by atoms with Crippen LogP contribution in [0.4, 0.5) is 0 Å². The minimum Gasteiger partial charge on any atom is -0.342 e. The second-order valence-electron chi connectivity index (χ2n) is 6.57. The summed E-state index contributed by atoms with van der Waals surface area (Å²) in [6, 6.07) is -0.177. The fraction of sp³-hybridized carbons (Fsp3) is 0.867. The minimum atomic E-state index is -0.238. The first kappa shape index (κ1) is 12.9. The summed E-state index contributed by atoms with van der Waals surface area (Å²) in [4.78, 5) is 26.9. The molecule has 3 fully saturated rings. The van der Waals surface area contributed by atoms with Gasteiger partial charge in [0, 0.05) is 6.04 Å². The van der Waals surface area contributed by atoms with Gasteiger partial charge in [-0.05, 0) is 50.4 Å². The summed E-state index contributed by atoms with van der Waals surface area (Å²) < 4.78 is 0. The van der Waals surface area contributed by atoms with E-state index < -0.39 is 0 Å². The number of nitrogens with zero attached hydrogens (tertiary/aromatic N) is 1. The van der Waals surface area contributed by atoms with Crippen molar-refractivity contribution in [2.45, 2.75) is 70.5 Å². The number of nitrogens with one attached hydrogen (secondary N) is 1. The molecule has 0 aromatic rings. The van der Waals surface area contributed by atoms with Crippen LogP contribution >= 0.6 is 0 Å². The van der Waals surface area contributed by atoms with E-state index in [4.69, 9.17) is 0 Å². The third-order valence-electron chi connectivity index (χ3n) is 5.00. The summed E-state index contributed by atoms with van der Waals surface area (Å²) in [6.07, 6.45) is 6.20. The lowest BCUT2D eigenvalue weighted by Crippen LogP contribution is -2.65. The van der Waals surface area contributed by atoms with E-state index >= 15 is 0 Å². The summed E-state index contributed by atoms with van der Waals surface area (Å²) in [5.41, 5.74) is 0. The molecule has 4 heteroatoms. The normalized spacial score (nSPS) is 39.6. The van der Waals surface area contributed by atoms with Crippen LogP contribution in [0.15, 0.2) is 0 Å². The van der Waals surface area contributed by atoms with Gasteiger partial charge in [0.05, 0.1) is 0 Å². The molecule has 1 heterocycles. The zero-order chi connectivity index (χ0) is 13.6. The van der Waals surface area contributed by atoms with Crippen molar-refractivity contribution in [1.29, 1.82) is 0 Å². The molecule has 3 rings (SSSR count). The largest absolute Gasteiger partial charge is 0.342 e. The Morgan fingerprint density at radius 2 is 1.95 bits per heavy atom. The average molecular weight is 264 g/mol. The molecule has 2 amide bonds. The lowest BCUT2D eigenvalue weighted by Gasteiger charge is -2.42. The maximum Gasteiger partial charge on any atom is 0.246 e. The topological polar surface area (TPSA) is 49.4 Å². The predicted octanol–water partition coefficient (Wildman–Crippen LogP) is 1.69. The van der Waals surface area contributed by atoms with Gasteiger partial charge in [-0.25, -0.2) is 0 Å². The van der Waals surface area contributed by atoms with E-state index in [1.165, 1.54) is 6.42 Å². The van der Waals surface area contributed by atoms with E-state index in [0.717, 1.165) is 32.1 Å². The summed E-state index contributed by atoms with van der Waals surface area (Å²) in [7, 11) is 0. The summed E-state index contributed by atoms with van der Waals surface area (Å²) in [5.74, 6) is 1.34. The van der Waals surface area contributed by atoms with Gasteiger partial charge in [-0.3, -0.25) is 9.59 Å². The molecule has 0 bridgehead atoms. The standard InChI is InChI=1S/C15H24N2O2/c1-3-12-14(18)16-13(10-5-6-10)15(19)17(12)11-7-4-9(2)8-11/h9-13H,3-8H2,1-2H3,(H,16,18). The molecular formula is C15H24N2O2. The highest BCUT2D eigenvalue weighted by Crippen LogP contribution is 2.38. The van der Waals surface area contributed by atoms with E-state index in [0.29, 0.717) is 17.9 Å².